The van der Waals surface area contributed by atoms with Crippen molar-refractivity contribution in [3.05, 3.63) is 69.3 Å². The van der Waals surface area contributed by atoms with E-state index in [-0.39, 0.29) is 5.91 Å². The lowest BCUT2D eigenvalue weighted by atomic mass is 10.2. The van der Waals surface area contributed by atoms with E-state index in [2.05, 4.69) is 64.1 Å². The van der Waals surface area contributed by atoms with Gasteiger partial charge in [0.25, 0.3) is 5.91 Å². The topological polar surface area (TPSA) is 32.3 Å². The van der Waals surface area contributed by atoms with Crippen LogP contribution in [0.25, 0.3) is 0 Å². The summed E-state index contributed by atoms with van der Waals surface area (Å²) in [5.74, 6) is 0.00392. The molecule has 0 aliphatic heterocycles. The van der Waals surface area contributed by atoms with Gasteiger partial charge in [0.1, 0.15) is 0 Å². The molecular weight excluding hydrogens is 387 g/mol. The Morgan fingerprint density at radius 3 is 2.64 bits per heavy atom. The number of rotatable bonds is 7. The maximum Gasteiger partial charge on any atom is 0.251 e. The summed E-state index contributed by atoms with van der Waals surface area (Å²) in [5, 5.41) is 2.98. The van der Waals surface area contributed by atoms with E-state index in [9.17, 15) is 4.79 Å². The molecule has 0 unspecified atom stereocenters. The monoisotopic (exact) mass is 408 g/mol. The minimum Gasteiger partial charge on any atom is -0.352 e. The highest BCUT2D eigenvalue weighted by Crippen LogP contribution is 2.07. The van der Waals surface area contributed by atoms with Gasteiger partial charge in [-0.25, -0.2) is 0 Å². The number of hydrogen-bond acceptors (Lipinski definition) is 2. The van der Waals surface area contributed by atoms with Crippen LogP contribution in [-0.4, -0.2) is 30.9 Å². The van der Waals surface area contributed by atoms with Gasteiger partial charge in [-0.2, -0.15) is 0 Å². The van der Waals surface area contributed by atoms with Crippen molar-refractivity contribution in [3.63, 3.8) is 0 Å². The van der Waals surface area contributed by atoms with Crippen molar-refractivity contribution in [3.8, 4) is 0 Å². The minimum atomic E-state index is 0.00392. The van der Waals surface area contributed by atoms with Gasteiger partial charge in [0.05, 0.1) is 0 Å². The third-order valence-electron chi connectivity index (χ3n) is 3.38. The molecule has 0 saturated carbocycles. The van der Waals surface area contributed by atoms with Crippen LogP contribution in [0.2, 0.25) is 0 Å². The first-order chi connectivity index (χ1) is 10.6. The van der Waals surface area contributed by atoms with E-state index in [1.165, 1.54) is 5.56 Å². The summed E-state index contributed by atoms with van der Waals surface area (Å²) in [6.45, 7) is 2.59. The highest BCUT2D eigenvalue weighted by molar-refractivity contribution is 14.1. The number of hydrogen-bond donors (Lipinski definition) is 1. The molecule has 1 amide bonds. The van der Waals surface area contributed by atoms with Gasteiger partial charge in [-0.1, -0.05) is 36.4 Å². The molecule has 0 aromatic heterocycles. The number of halogens is 1. The number of carbonyl (C=O) groups excluding carboxylic acids is 1. The molecule has 2 aromatic rings. The van der Waals surface area contributed by atoms with Crippen LogP contribution in [0.4, 0.5) is 0 Å². The first-order valence-electron chi connectivity index (χ1n) is 7.41. The molecule has 4 heteroatoms. The summed E-state index contributed by atoms with van der Waals surface area (Å²) in [5.41, 5.74) is 2.04. The molecule has 0 spiro atoms. The van der Waals surface area contributed by atoms with E-state index < -0.39 is 0 Å². The number of nitrogens with one attached hydrogen (secondary N) is 1. The second-order valence-electron chi connectivity index (χ2n) is 5.34. The van der Waals surface area contributed by atoms with Crippen LogP contribution >= 0.6 is 22.6 Å². The molecule has 0 heterocycles. The van der Waals surface area contributed by atoms with Crippen molar-refractivity contribution < 1.29 is 4.79 Å². The molecule has 0 bridgehead atoms. The van der Waals surface area contributed by atoms with Crippen molar-refractivity contribution in [1.29, 1.82) is 0 Å². The fourth-order valence-corrected chi connectivity index (χ4v) is 2.80. The first-order valence-corrected chi connectivity index (χ1v) is 8.49. The number of carbonyl (C=O) groups is 1. The third-order valence-corrected chi connectivity index (χ3v) is 4.06. The lowest BCUT2D eigenvalue weighted by molar-refractivity contribution is 0.0952. The van der Waals surface area contributed by atoms with Crippen molar-refractivity contribution in [1.82, 2.24) is 10.2 Å². The Labute approximate surface area is 145 Å². The van der Waals surface area contributed by atoms with E-state index in [0.29, 0.717) is 6.54 Å². The Morgan fingerprint density at radius 2 is 1.91 bits per heavy atom. The lowest BCUT2D eigenvalue weighted by Crippen LogP contribution is -2.28. The Bertz CT molecular complexity index is 601. The molecule has 2 aromatic carbocycles. The summed E-state index contributed by atoms with van der Waals surface area (Å²) >= 11 is 2.22. The van der Waals surface area contributed by atoms with Crippen LogP contribution in [0, 0.1) is 3.57 Å². The van der Waals surface area contributed by atoms with Crippen molar-refractivity contribution >= 4 is 28.5 Å². The van der Waals surface area contributed by atoms with E-state index in [0.717, 1.165) is 28.6 Å². The highest BCUT2D eigenvalue weighted by atomic mass is 127. The summed E-state index contributed by atoms with van der Waals surface area (Å²) in [6, 6.07) is 18.1. The van der Waals surface area contributed by atoms with Crippen molar-refractivity contribution in [2.75, 3.05) is 20.1 Å². The molecule has 0 aliphatic carbocycles. The van der Waals surface area contributed by atoms with E-state index in [4.69, 9.17) is 0 Å². The lowest BCUT2D eigenvalue weighted by Gasteiger charge is -2.16. The van der Waals surface area contributed by atoms with E-state index in [1.54, 1.807) is 0 Å². The Kier molecular flexibility index (Phi) is 6.86. The average Bonchev–Trinajstić information content (AvgIpc) is 2.52. The predicted octanol–water partition coefficient (Wildman–Crippen LogP) is 3.54. The zero-order chi connectivity index (χ0) is 15.8. The largest absolute Gasteiger partial charge is 0.352 e. The second-order valence-corrected chi connectivity index (χ2v) is 6.59. The molecule has 0 saturated heterocycles. The van der Waals surface area contributed by atoms with Gasteiger partial charge >= 0.3 is 0 Å². The average molecular weight is 408 g/mol. The fourth-order valence-electron chi connectivity index (χ4n) is 2.26. The molecule has 116 valence electrons. The van der Waals surface area contributed by atoms with Crippen molar-refractivity contribution in [2.45, 2.75) is 13.0 Å². The molecular formula is C18H21IN2O. The first kappa shape index (κ1) is 17.0. The smallest absolute Gasteiger partial charge is 0.251 e. The van der Waals surface area contributed by atoms with Gasteiger partial charge in [0, 0.05) is 22.2 Å². The minimum absolute atomic E-state index is 0.00392. The van der Waals surface area contributed by atoms with Crippen LogP contribution in [0.15, 0.2) is 54.6 Å². The SMILES string of the molecule is CN(CCCNC(=O)c1cccc(I)c1)Cc1ccccc1. The zero-order valence-electron chi connectivity index (χ0n) is 12.8. The molecule has 22 heavy (non-hydrogen) atoms. The molecule has 0 radical (unpaired) electrons. The van der Waals surface area contributed by atoms with E-state index >= 15 is 0 Å². The van der Waals surface area contributed by atoms with E-state index in [1.807, 2.05) is 30.3 Å². The van der Waals surface area contributed by atoms with Crippen LogP contribution in [0.3, 0.4) is 0 Å². The van der Waals surface area contributed by atoms with Gasteiger partial charge in [-0.05, 0) is 66.4 Å². The summed E-state index contributed by atoms with van der Waals surface area (Å²) in [7, 11) is 2.11. The fraction of sp³-hybridized carbons (Fsp3) is 0.278. The van der Waals surface area contributed by atoms with Gasteiger partial charge in [-0.15, -0.1) is 0 Å². The van der Waals surface area contributed by atoms with Crippen molar-refractivity contribution in [2.24, 2.45) is 0 Å². The van der Waals surface area contributed by atoms with Gasteiger partial charge in [-0.3, -0.25) is 4.79 Å². The van der Waals surface area contributed by atoms with Gasteiger partial charge in [0.2, 0.25) is 0 Å². The van der Waals surface area contributed by atoms with Crippen LogP contribution in [0.5, 0.6) is 0 Å². The Balaban J connectivity index is 1.67. The molecule has 3 nitrogen and oxygen atoms in total. The Morgan fingerprint density at radius 1 is 1.14 bits per heavy atom. The molecule has 0 aliphatic rings. The standard InChI is InChI=1S/C18H21IN2O/c1-21(14-15-7-3-2-4-8-15)12-6-11-20-18(22)16-9-5-10-17(19)13-16/h2-5,7-10,13H,6,11-12,14H2,1H3,(H,20,22). The molecule has 0 atom stereocenters. The molecule has 2 rings (SSSR count). The van der Waals surface area contributed by atoms with Crippen LogP contribution < -0.4 is 5.32 Å². The quantitative estimate of drug-likeness (QED) is 0.562. The predicted molar refractivity (Wildman–Crippen MR) is 98.9 cm³/mol. The highest BCUT2D eigenvalue weighted by Gasteiger charge is 2.05. The Hall–Kier alpha value is -1.40. The molecule has 1 N–H and O–H groups in total. The second kappa shape index (κ2) is 8.90. The zero-order valence-corrected chi connectivity index (χ0v) is 14.9. The number of nitrogens with zero attached hydrogens (tertiary/aromatic N) is 1. The van der Waals surface area contributed by atoms with Crippen LogP contribution in [0.1, 0.15) is 22.3 Å². The van der Waals surface area contributed by atoms with Gasteiger partial charge in [0.15, 0.2) is 0 Å². The third kappa shape index (κ3) is 5.77. The van der Waals surface area contributed by atoms with Gasteiger partial charge < -0.3 is 10.2 Å². The summed E-state index contributed by atoms with van der Waals surface area (Å²) in [6.07, 6.45) is 0.943. The maximum atomic E-state index is 12.0. The summed E-state index contributed by atoms with van der Waals surface area (Å²) in [4.78, 5) is 14.3. The number of amides is 1. The number of benzene rings is 2. The van der Waals surface area contributed by atoms with Crippen LogP contribution in [-0.2, 0) is 6.54 Å². The normalized spacial score (nSPS) is 10.7. The molecule has 0 fully saturated rings. The maximum absolute atomic E-state index is 12.0. The summed E-state index contributed by atoms with van der Waals surface area (Å²) < 4.78 is 1.08.